The molecule has 2 fully saturated rings. The molecule has 20 heavy (non-hydrogen) atoms. The van der Waals surface area contributed by atoms with E-state index in [9.17, 15) is 23.1 Å². The van der Waals surface area contributed by atoms with Crippen LogP contribution in [0, 0.1) is 5.92 Å². The smallest absolute Gasteiger partial charge is 0.389 e. The monoisotopic (exact) mass is 294 g/mol. The van der Waals surface area contributed by atoms with E-state index >= 15 is 0 Å². The molecule has 0 radical (unpaired) electrons. The Morgan fingerprint density at radius 2 is 2.10 bits per heavy atom. The first-order valence-corrected chi connectivity index (χ1v) is 7.08. The van der Waals surface area contributed by atoms with Gasteiger partial charge in [0.2, 0.25) is 5.91 Å². The normalized spacial score (nSPS) is 31.0. The number of piperidine rings is 1. The molecule has 1 aliphatic carbocycles. The van der Waals surface area contributed by atoms with Crippen molar-refractivity contribution < 1.29 is 23.1 Å². The van der Waals surface area contributed by atoms with Crippen LogP contribution < -0.4 is 5.32 Å². The quantitative estimate of drug-likeness (QED) is 0.825. The largest absolute Gasteiger partial charge is 0.401 e. The van der Waals surface area contributed by atoms with E-state index in [1.165, 1.54) is 0 Å². The number of amides is 1. The van der Waals surface area contributed by atoms with Gasteiger partial charge in [-0.1, -0.05) is 12.8 Å². The average molecular weight is 294 g/mol. The fraction of sp³-hybridized carbons (Fsp3) is 0.923. The Morgan fingerprint density at radius 3 is 2.80 bits per heavy atom. The number of aliphatic hydroxyl groups is 1. The maximum atomic E-state index is 12.0. The Kier molecular flexibility index (Phi) is 4.59. The number of alkyl halides is 3. The van der Waals surface area contributed by atoms with Crippen LogP contribution in [0.4, 0.5) is 13.2 Å². The number of halogens is 3. The van der Waals surface area contributed by atoms with E-state index in [1.807, 2.05) is 0 Å². The molecule has 116 valence electrons. The van der Waals surface area contributed by atoms with Crippen LogP contribution in [0.2, 0.25) is 0 Å². The first kappa shape index (κ1) is 15.6. The maximum Gasteiger partial charge on any atom is 0.401 e. The van der Waals surface area contributed by atoms with Gasteiger partial charge in [0.15, 0.2) is 0 Å². The molecule has 0 aromatic carbocycles. The molecule has 1 amide bonds. The molecule has 1 heterocycles. The van der Waals surface area contributed by atoms with Crippen molar-refractivity contribution in [1.82, 2.24) is 10.2 Å². The number of hydrogen-bond acceptors (Lipinski definition) is 3. The highest BCUT2D eigenvalue weighted by Crippen LogP contribution is 2.39. The van der Waals surface area contributed by atoms with Crippen LogP contribution in [0.1, 0.15) is 32.1 Å². The van der Waals surface area contributed by atoms with Crippen molar-refractivity contribution in [3.63, 3.8) is 0 Å². The van der Waals surface area contributed by atoms with E-state index < -0.39 is 18.3 Å². The highest BCUT2D eigenvalue weighted by molar-refractivity contribution is 5.78. The molecule has 0 aromatic rings. The van der Waals surface area contributed by atoms with Gasteiger partial charge in [-0.2, -0.15) is 13.2 Å². The SMILES string of the molecule is O=C(CNCC(F)(F)F)N1CCC2(O)CCCCC2C1. The summed E-state index contributed by atoms with van der Waals surface area (Å²) in [5.74, 6) is -0.251. The van der Waals surface area contributed by atoms with Crippen molar-refractivity contribution in [3.05, 3.63) is 0 Å². The minimum Gasteiger partial charge on any atom is -0.389 e. The molecule has 0 bridgehead atoms. The number of nitrogens with zero attached hydrogens (tertiary/aromatic N) is 1. The number of likely N-dealkylation sites (tertiary alicyclic amines) is 1. The van der Waals surface area contributed by atoms with Crippen molar-refractivity contribution in [1.29, 1.82) is 0 Å². The summed E-state index contributed by atoms with van der Waals surface area (Å²) >= 11 is 0. The van der Waals surface area contributed by atoms with Gasteiger partial charge in [-0.05, 0) is 19.3 Å². The van der Waals surface area contributed by atoms with Crippen molar-refractivity contribution in [3.8, 4) is 0 Å². The Morgan fingerprint density at radius 1 is 1.35 bits per heavy atom. The van der Waals surface area contributed by atoms with Crippen molar-refractivity contribution in [2.45, 2.75) is 43.9 Å². The lowest BCUT2D eigenvalue weighted by Crippen LogP contribution is -2.56. The van der Waals surface area contributed by atoms with E-state index in [2.05, 4.69) is 5.32 Å². The standard InChI is InChI=1S/C13H21F3N2O2/c14-13(15,16)9-17-7-11(19)18-6-5-12(20)4-2-1-3-10(12)8-18/h10,17,20H,1-9H2. The Labute approximate surface area is 116 Å². The minimum atomic E-state index is -4.30. The summed E-state index contributed by atoms with van der Waals surface area (Å²) in [5, 5.41) is 12.6. The van der Waals surface area contributed by atoms with Crippen molar-refractivity contribution in [2.24, 2.45) is 5.92 Å². The molecule has 2 unspecified atom stereocenters. The lowest BCUT2D eigenvalue weighted by molar-refractivity contribution is -0.144. The van der Waals surface area contributed by atoms with E-state index in [-0.39, 0.29) is 18.4 Å². The first-order valence-electron chi connectivity index (χ1n) is 7.08. The van der Waals surface area contributed by atoms with Gasteiger partial charge in [0.25, 0.3) is 0 Å². The lowest BCUT2D eigenvalue weighted by atomic mass is 9.71. The van der Waals surface area contributed by atoms with Gasteiger partial charge in [-0.3, -0.25) is 4.79 Å². The fourth-order valence-electron chi connectivity index (χ4n) is 3.22. The summed E-state index contributed by atoms with van der Waals surface area (Å²) in [6.45, 7) is -0.562. The van der Waals surface area contributed by atoms with Crippen LogP contribution in [-0.2, 0) is 4.79 Å². The van der Waals surface area contributed by atoms with Crippen LogP contribution in [0.25, 0.3) is 0 Å². The van der Waals surface area contributed by atoms with Gasteiger partial charge in [0.1, 0.15) is 0 Å². The summed E-state index contributed by atoms with van der Waals surface area (Å²) in [6, 6.07) is 0. The molecule has 2 atom stereocenters. The molecule has 2 N–H and O–H groups in total. The van der Waals surface area contributed by atoms with Gasteiger partial charge in [-0.15, -0.1) is 0 Å². The second-order valence-electron chi connectivity index (χ2n) is 5.85. The van der Waals surface area contributed by atoms with Gasteiger partial charge in [0, 0.05) is 19.0 Å². The topological polar surface area (TPSA) is 52.6 Å². The van der Waals surface area contributed by atoms with E-state index in [4.69, 9.17) is 0 Å². The van der Waals surface area contributed by atoms with E-state index in [0.717, 1.165) is 25.7 Å². The second kappa shape index (κ2) is 5.89. The molecule has 2 aliphatic rings. The number of hydrogen-bond donors (Lipinski definition) is 2. The number of fused-ring (bicyclic) bond motifs is 1. The van der Waals surface area contributed by atoms with Gasteiger partial charge < -0.3 is 15.3 Å². The third-order valence-corrected chi connectivity index (χ3v) is 4.38. The molecule has 2 rings (SSSR count). The molecule has 4 nitrogen and oxygen atoms in total. The summed E-state index contributed by atoms with van der Waals surface area (Å²) in [6.07, 6.45) is -0.0633. The number of carbonyl (C=O) groups excluding carboxylic acids is 1. The number of rotatable bonds is 3. The Bertz CT molecular complexity index is 362. The molecule has 1 saturated carbocycles. The molecule has 0 aromatic heterocycles. The van der Waals surface area contributed by atoms with Crippen LogP contribution in [0.15, 0.2) is 0 Å². The van der Waals surface area contributed by atoms with Crippen LogP contribution in [-0.4, -0.2) is 53.9 Å². The van der Waals surface area contributed by atoms with Gasteiger partial charge >= 0.3 is 6.18 Å². The second-order valence-corrected chi connectivity index (χ2v) is 5.85. The Balaban J connectivity index is 1.80. The zero-order valence-electron chi connectivity index (χ0n) is 11.4. The van der Waals surface area contributed by atoms with E-state index in [0.29, 0.717) is 19.5 Å². The molecular formula is C13H21F3N2O2. The minimum absolute atomic E-state index is 0.0663. The highest BCUT2D eigenvalue weighted by Gasteiger charge is 2.43. The predicted molar refractivity (Wildman–Crippen MR) is 67.0 cm³/mol. The predicted octanol–water partition coefficient (Wildman–Crippen LogP) is 1.29. The number of nitrogens with one attached hydrogen (secondary N) is 1. The fourth-order valence-corrected chi connectivity index (χ4v) is 3.22. The van der Waals surface area contributed by atoms with Crippen molar-refractivity contribution in [2.75, 3.05) is 26.2 Å². The van der Waals surface area contributed by atoms with Crippen LogP contribution in [0.3, 0.4) is 0 Å². The third-order valence-electron chi connectivity index (χ3n) is 4.38. The molecule has 1 aliphatic heterocycles. The van der Waals surface area contributed by atoms with Gasteiger partial charge in [-0.25, -0.2) is 0 Å². The summed E-state index contributed by atoms with van der Waals surface area (Å²) < 4.78 is 36.0. The zero-order chi connectivity index (χ0) is 14.8. The lowest BCUT2D eigenvalue weighted by Gasteiger charge is -2.47. The number of carbonyl (C=O) groups is 1. The van der Waals surface area contributed by atoms with Crippen LogP contribution in [0.5, 0.6) is 0 Å². The van der Waals surface area contributed by atoms with E-state index in [1.54, 1.807) is 4.90 Å². The van der Waals surface area contributed by atoms with Gasteiger partial charge in [0.05, 0.1) is 18.7 Å². The Hall–Kier alpha value is -0.820. The summed E-state index contributed by atoms with van der Waals surface area (Å²) in [7, 11) is 0. The van der Waals surface area contributed by atoms with Crippen molar-refractivity contribution >= 4 is 5.91 Å². The summed E-state index contributed by atoms with van der Waals surface area (Å²) in [5.41, 5.74) is -0.672. The molecular weight excluding hydrogens is 273 g/mol. The zero-order valence-corrected chi connectivity index (χ0v) is 11.4. The molecule has 7 heteroatoms. The van der Waals surface area contributed by atoms with Crippen LogP contribution >= 0.6 is 0 Å². The molecule has 0 spiro atoms. The average Bonchev–Trinajstić information content (AvgIpc) is 2.36. The highest BCUT2D eigenvalue weighted by atomic mass is 19.4. The molecule has 1 saturated heterocycles. The maximum absolute atomic E-state index is 12.0. The summed E-state index contributed by atoms with van der Waals surface area (Å²) in [4.78, 5) is 13.5. The first-order chi connectivity index (χ1) is 9.30. The third kappa shape index (κ3) is 3.85.